The first kappa shape index (κ1) is 47.9. The molecule has 0 saturated carbocycles. The zero-order valence-electron chi connectivity index (χ0n) is 44.4. The number of hydrogen-bond donors (Lipinski definition) is 0. The van der Waals surface area contributed by atoms with E-state index in [0.717, 1.165) is 117 Å². The molecule has 6 nitrogen and oxygen atoms in total. The molecule has 15 rings (SSSR count). The average Bonchev–Trinajstić information content (AvgIpc) is 3.23. The maximum absolute atomic E-state index is 10.5. The molecule has 0 bridgehead atoms. The maximum Gasteiger partial charge on any atom is 0.164 e. The lowest BCUT2D eigenvalue weighted by Crippen LogP contribution is -2.04. The van der Waals surface area contributed by atoms with E-state index < -0.39 is 0 Å². The Balaban J connectivity index is 0.998. The van der Waals surface area contributed by atoms with Crippen LogP contribution < -0.4 is 0 Å². The third-order valence-corrected chi connectivity index (χ3v) is 15.8. The lowest BCUT2D eigenvalue weighted by atomic mass is 9.92. The molecular formula is C76H48N6. The van der Waals surface area contributed by atoms with Crippen LogP contribution >= 0.6 is 0 Å². The molecule has 3 heterocycles. The summed E-state index contributed by atoms with van der Waals surface area (Å²) >= 11 is 0. The van der Waals surface area contributed by atoms with Gasteiger partial charge in [0.15, 0.2) is 17.5 Å². The Bertz CT molecular complexity index is 4770. The minimum Gasteiger partial charge on any atom is -0.309 e. The smallest absolute Gasteiger partial charge is 0.164 e. The van der Waals surface area contributed by atoms with Gasteiger partial charge in [0.05, 0.1) is 39.4 Å². The molecule has 0 spiro atoms. The van der Waals surface area contributed by atoms with E-state index in [1.807, 2.05) is 30.3 Å². The zero-order valence-corrected chi connectivity index (χ0v) is 44.4. The summed E-state index contributed by atoms with van der Waals surface area (Å²) in [4.78, 5) is 16.4. The highest BCUT2D eigenvalue weighted by molar-refractivity contribution is 6.13. The SMILES string of the molecule is N#Cc1ccc2c(c1)c1cc(-n3c4ccccc4c4ccccc43)ccc1n2-c1c(-c2ccccc2)cc(-c2nc(-c3ccc(-c4ccccc4)cc3)nc(-c3cc(-c4ccccc4)cc(-c4ccccc4)c3)n2)cc1-c1ccccc1. The molecule has 0 atom stereocenters. The first-order valence-corrected chi connectivity index (χ1v) is 27.5. The number of para-hydroxylation sites is 2. The molecule has 12 aromatic carbocycles. The highest BCUT2D eigenvalue weighted by Crippen LogP contribution is 2.45. The lowest BCUT2D eigenvalue weighted by Gasteiger charge is -2.21. The molecule has 0 unspecified atom stereocenters. The molecular weight excluding hydrogens is 997 g/mol. The van der Waals surface area contributed by atoms with Crippen molar-refractivity contribution in [1.29, 1.82) is 5.26 Å². The van der Waals surface area contributed by atoms with E-state index in [-0.39, 0.29) is 0 Å². The standard InChI is InChI=1S/C76H48N6/c77-49-50-34-40-71-67(42-50)68-48-62(81-69-32-18-16-30-63(69)64-31-17-19-33-70(64)81)39-41-72(68)82(71)73-65(55-26-12-4-13-27-55)46-61(47-66(73)56-28-14-5-15-29-56)76-79-74(57-37-35-54(36-38-57)51-20-6-1-7-21-51)78-75(80-76)60-44-58(52-22-8-2-9-23-52)43-59(45-60)53-24-10-3-11-25-53/h1-48H. The summed E-state index contributed by atoms with van der Waals surface area (Å²) in [6.45, 7) is 0. The summed E-state index contributed by atoms with van der Waals surface area (Å²) in [5, 5.41) is 14.9. The van der Waals surface area contributed by atoms with Crippen LogP contribution in [-0.2, 0) is 0 Å². The van der Waals surface area contributed by atoms with Crippen molar-refractivity contribution in [2.45, 2.75) is 0 Å². The molecule has 15 aromatic rings. The normalized spacial score (nSPS) is 11.4. The number of benzene rings is 12. The molecule has 0 amide bonds. The minimum atomic E-state index is 0.538. The van der Waals surface area contributed by atoms with E-state index in [1.165, 1.54) is 10.8 Å². The molecule has 0 N–H and O–H groups in total. The third-order valence-electron chi connectivity index (χ3n) is 15.8. The Morgan fingerprint density at radius 2 is 0.622 bits per heavy atom. The van der Waals surface area contributed by atoms with Crippen LogP contribution in [0.25, 0.3) is 145 Å². The van der Waals surface area contributed by atoms with Crippen LogP contribution in [0.3, 0.4) is 0 Å². The van der Waals surface area contributed by atoms with Gasteiger partial charge < -0.3 is 9.13 Å². The van der Waals surface area contributed by atoms with Crippen molar-refractivity contribution in [3.8, 4) is 107 Å². The van der Waals surface area contributed by atoms with Gasteiger partial charge in [0, 0.05) is 55.0 Å². The number of aromatic nitrogens is 5. The average molecular weight is 1050 g/mol. The van der Waals surface area contributed by atoms with Gasteiger partial charge in [-0.25, -0.2) is 15.0 Å². The number of fused-ring (bicyclic) bond motifs is 6. The van der Waals surface area contributed by atoms with Crippen molar-refractivity contribution < 1.29 is 0 Å². The molecule has 0 radical (unpaired) electrons. The van der Waals surface area contributed by atoms with Crippen LogP contribution in [0.2, 0.25) is 0 Å². The van der Waals surface area contributed by atoms with E-state index in [1.54, 1.807) is 0 Å². The van der Waals surface area contributed by atoms with Crippen molar-refractivity contribution in [3.05, 3.63) is 297 Å². The van der Waals surface area contributed by atoms with E-state index in [4.69, 9.17) is 15.0 Å². The second-order valence-electron chi connectivity index (χ2n) is 20.7. The minimum absolute atomic E-state index is 0.538. The number of rotatable bonds is 10. The Morgan fingerprint density at radius 1 is 0.256 bits per heavy atom. The van der Waals surface area contributed by atoms with Gasteiger partial charge in [0.2, 0.25) is 0 Å². The van der Waals surface area contributed by atoms with E-state index >= 15 is 0 Å². The van der Waals surface area contributed by atoms with Crippen LogP contribution in [0, 0.1) is 11.3 Å². The first-order valence-electron chi connectivity index (χ1n) is 27.5. The Kier molecular flexibility index (Phi) is 11.8. The van der Waals surface area contributed by atoms with Crippen LogP contribution in [-0.4, -0.2) is 24.1 Å². The largest absolute Gasteiger partial charge is 0.309 e. The molecule has 0 aliphatic heterocycles. The second-order valence-corrected chi connectivity index (χ2v) is 20.7. The number of nitrogens with zero attached hydrogens (tertiary/aromatic N) is 6. The van der Waals surface area contributed by atoms with Gasteiger partial charge >= 0.3 is 0 Å². The van der Waals surface area contributed by atoms with Gasteiger partial charge in [-0.3, -0.25) is 0 Å². The third kappa shape index (κ3) is 8.49. The predicted octanol–water partition coefficient (Wildman–Crippen LogP) is 19.3. The summed E-state index contributed by atoms with van der Waals surface area (Å²) in [5.74, 6) is 1.66. The van der Waals surface area contributed by atoms with Gasteiger partial charge in [0.1, 0.15) is 0 Å². The molecule has 82 heavy (non-hydrogen) atoms. The second kappa shape index (κ2) is 20.2. The number of hydrogen-bond acceptors (Lipinski definition) is 4. The monoisotopic (exact) mass is 1040 g/mol. The number of nitriles is 1. The summed E-state index contributed by atoms with van der Waals surface area (Å²) in [7, 11) is 0. The fraction of sp³-hybridized carbons (Fsp3) is 0. The molecule has 0 aliphatic carbocycles. The Morgan fingerprint density at radius 3 is 1.12 bits per heavy atom. The fourth-order valence-electron chi connectivity index (χ4n) is 11.9. The van der Waals surface area contributed by atoms with Crippen LogP contribution in [0.1, 0.15) is 5.56 Å². The van der Waals surface area contributed by atoms with Crippen molar-refractivity contribution in [1.82, 2.24) is 24.1 Å². The van der Waals surface area contributed by atoms with Gasteiger partial charge in [0.25, 0.3) is 0 Å². The molecule has 0 saturated heterocycles. The lowest BCUT2D eigenvalue weighted by molar-refractivity contribution is 1.07. The zero-order chi connectivity index (χ0) is 54.5. The topological polar surface area (TPSA) is 72.3 Å². The molecule has 0 fully saturated rings. The van der Waals surface area contributed by atoms with Crippen LogP contribution in [0.15, 0.2) is 291 Å². The maximum atomic E-state index is 10.5. The van der Waals surface area contributed by atoms with Gasteiger partial charge in [-0.15, -0.1) is 0 Å². The fourth-order valence-corrected chi connectivity index (χ4v) is 11.9. The van der Waals surface area contributed by atoms with Gasteiger partial charge in [-0.1, -0.05) is 212 Å². The molecule has 6 heteroatoms. The quantitative estimate of drug-likeness (QED) is 0.137. The van der Waals surface area contributed by atoms with Gasteiger partial charge in [-0.05, 0) is 123 Å². The van der Waals surface area contributed by atoms with Crippen molar-refractivity contribution in [2.75, 3.05) is 0 Å². The summed E-state index contributed by atoms with van der Waals surface area (Å²) in [5.41, 5.74) is 20.0. The highest BCUT2D eigenvalue weighted by atomic mass is 15.0. The Hall–Kier alpha value is -11.3. The van der Waals surface area contributed by atoms with Crippen molar-refractivity contribution >= 4 is 43.6 Å². The van der Waals surface area contributed by atoms with E-state index in [0.29, 0.717) is 23.0 Å². The van der Waals surface area contributed by atoms with Crippen molar-refractivity contribution in [3.63, 3.8) is 0 Å². The summed E-state index contributed by atoms with van der Waals surface area (Å²) in [6, 6.07) is 105. The van der Waals surface area contributed by atoms with Crippen LogP contribution in [0.4, 0.5) is 0 Å². The predicted molar refractivity (Wildman–Crippen MR) is 337 cm³/mol. The molecule has 0 aliphatic rings. The first-order chi connectivity index (χ1) is 40.6. The summed E-state index contributed by atoms with van der Waals surface area (Å²) in [6.07, 6.45) is 0. The van der Waals surface area contributed by atoms with E-state index in [9.17, 15) is 5.26 Å². The summed E-state index contributed by atoms with van der Waals surface area (Å²) < 4.78 is 4.75. The van der Waals surface area contributed by atoms with Crippen molar-refractivity contribution in [2.24, 2.45) is 0 Å². The highest BCUT2D eigenvalue weighted by Gasteiger charge is 2.25. The molecule has 382 valence electrons. The Labute approximate surface area is 474 Å². The van der Waals surface area contributed by atoms with Gasteiger partial charge in [-0.2, -0.15) is 5.26 Å². The van der Waals surface area contributed by atoms with E-state index in [2.05, 4.69) is 276 Å². The molecule has 3 aromatic heterocycles. The van der Waals surface area contributed by atoms with Crippen LogP contribution in [0.5, 0.6) is 0 Å².